The summed E-state index contributed by atoms with van der Waals surface area (Å²) in [5.74, 6) is 0.918. The number of benzene rings is 2. The van der Waals surface area contributed by atoms with E-state index in [-0.39, 0.29) is 17.5 Å². The van der Waals surface area contributed by atoms with Gasteiger partial charge in [0.25, 0.3) is 0 Å². The van der Waals surface area contributed by atoms with E-state index in [1.165, 1.54) is 16.4 Å². The van der Waals surface area contributed by atoms with Gasteiger partial charge in [-0.25, -0.2) is 0 Å². The van der Waals surface area contributed by atoms with Crippen LogP contribution in [0.3, 0.4) is 0 Å². The number of rotatable bonds is 9. The molecule has 27 heavy (non-hydrogen) atoms. The van der Waals surface area contributed by atoms with Crippen molar-refractivity contribution in [2.75, 3.05) is 13.9 Å². The van der Waals surface area contributed by atoms with E-state index in [4.69, 9.17) is 9.47 Å². The third-order valence-corrected chi connectivity index (χ3v) is 6.69. The molecule has 2 aromatic carbocycles. The summed E-state index contributed by atoms with van der Waals surface area (Å²) in [6, 6.07) is 17.1. The maximum absolute atomic E-state index is 5.86. The van der Waals surface area contributed by atoms with E-state index in [9.17, 15) is 0 Å². The molecule has 0 heterocycles. The Kier molecular flexibility index (Phi) is 7.85. The lowest BCUT2D eigenvalue weighted by Gasteiger charge is -2.32. The van der Waals surface area contributed by atoms with Gasteiger partial charge in [-0.15, -0.1) is 0 Å². The molecule has 2 aromatic rings. The number of nitrogens with one attached hydrogen (secondary N) is 1. The van der Waals surface area contributed by atoms with Gasteiger partial charge in [0, 0.05) is 29.9 Å². The van der Waals surface area contributed by atoms with Crippen LogP contribution in [0.15, 0.2) is 48.5 Å². The number of hydrogen-bond acceptors (Lipinski definition) is 3. The van der Waals surface area contributed by atoms with Crippen molar-refractivity contribution in [3.63, 3.8) is 0 Å². The van der Waals surface area contributed by atoms with E-state index in [0.29, 0.717) is 8.58 Å². The molecule has 2 rings (SSSR count). The molecule has 0 spiro atoms. The maximum Gasteiger partial charge on any atom is 0.188 e. The fraction of sp³-hybridized carbons (Fsp3) is 0.478. The molecule has 0 amide bonds. The summed E-state index contributed by atoms with van der Waals surface area (Å²) in [5, 5.41) is 5.06. The summed E-state index contributed by atoms with van der Waals surface area (Å²) in [5.41, 5.74) is 2.73. The summed E-state index contributed by atoms with van der Waals surface area (Å²) in [6.45, 7) is 12.4. The Morgan fingerprint density at radius 2 is 1.63 bits per heavy atom. The first-order chi connectivity index (χ1) is 12.8. The minimum atomic E-state index is 0.0160. The normalized spacial score (nSPS) is 14.4. The van der Waals surface area contributed by atoms with Crippen molar-refractivity contribution in [2.45, 2.75) is 58.3 Å². The molecule has 1 N–H and O–H groups in total. The first kappa shape index (κ1) is 21.9. The van der Waals surface area contributed by atoms with Gasteiger partial charge < -0.3 is 14.8 Å². The molecule has 0 bridgehead atoms. The smallest absolute Gasteiger partial charge is 0.188 e. The average molecular weight is 388 g/mol. The minimum absolute atomic E-state index is 0.0160. The number of ether oxygens (including phenoxy) is 2. The standard InChI is InChI=1S/C23H34NO2P/c1-7-23(5,19-13-9-10-14-20(19)26-17-25-6)27-21-15-11-8-12-18(21)16-24-22(2,3)4/h8-15,24,27H,7,16-17H2,1-6H3. The van der Waals surface area contributed by atoms with E-state index in [1.54, 1.807) is 7.11 Å². The van der Waals surface area contributed by atoms with Gasteiger partial charge in [0.1, 0.15) is 5.75 Å². The highest BCUT2D eigenvalue weighted by molar-refractivity contribution is 7.48. The van der Waals surface area contributed by atoms with Crippen LogP contribution in [-0.4, -0.2) is 19.4 Å². The van der Waals surface area contributed by atoms with Gasteiger partial charge in [-0.3, -0.25) is 0 Å². The average Bonchev–Trinajstić information content (AvgIpc) is 2.65. The molecule has 0 aliphatic heterocycles. The zero-order valence-corrected chi connectivity index (χ0v) is 18.6. The quantitative estimate of drug-likeness (QED) is 0.475. The van der Waals surface area contributed by atoms with Crippen LogP contribution >= 0.6 is 8.58 Å². The van der Waals surface area contributed by atoms with E-state index in [2.05, 4.69) is 76.3 Å². The molecule has 4 heteroatoms. The largest absolute Gasteiger partial charge is 0.467 e. The molecule has 0 saturated carbocycles. The monoisotopic (exact) mass is 387 g/mol. The Morgan fingerprint density at radius 1 is 0.963 bits per heavy atom. The van der Waals surface area contributed by atoms with E-state index >= 15 is 0 Å². The summed E-state index contributed by atoms with van der Waals surface area (Å²) in [6.07, 6.45) is 1.04. The van der Waals surface area contributed by atoms with Crippen LogP contribution in [0, 0.1) is 0 Å². The van der Waals surface area contributed by atoms with Crippen LogP contribution < -0.4 is 15.4 Å². The van der Waals surface area contributed by atoms with Crippen molar-refractivity contribution in [3.05, 3.63) is 59.7 Å². The van der Waals surface area contributed by atoms with Gasteiger partial charge in [-0.2, -0.15) is 0 Å². The van der Waals surface area contributed by atoms with Crippen LogP contribution in [0.25, 0.3) is 0 Å². The molecular weight excluding hydrogens is 353 g/mol. The van der Waals surface area contributed by atoms with Crippen LogP contribution in [0.2, 0.25) is 0 Å². The summed E-state index contributed by atoms with van der Waals surface area (Å²) in [7, 11) is 2.31. The van der Waals surface area contributed by atoms with E-state index < -0.39 is 0 Å². The van der Waals surface area contributed by atoms with Gasteiger partial charge in [0.15, 0.2) is 6.79 Å². The molecule has 0 fully saturated rings. The minimum Gasteiger partial charge on any atom is -0.467 e. The van der Waals surface area contributed by atoms with Gasteiger partial charge >= 0.3 is 0 Å². The Bertz CT molecular complexity index is 726. The molecule has 3 nitrogen and oxygen atoms in total. The van der Waals surface area contributed by atoms with Gasteiger partial charge in [0.2, 0.25) is 0 Å². The fourth-order valence-corrected chi connectivity index (χ4v) is 4.60. The maximum atomic E-state index is 5.86. The van der Waals surface area contributed by atoms with Crippen molar-refractivity contribution in [2.24, 2.45) is 0 Å². The SMILES string of the molecule is CCC(C)(Pc1ccccc1CNC(C)(C)C)c1ccccc1OCOC. The number of hydrogen-bond donors (Lipinski definition) is 1. The lowest BCUT2D eigenvalue weighted by atomic mass is 9.96. The zero-order chi connectivity index (χ0) is 19.9. The van der Waals surface area contributed by atoms with Crippen LogP contribution in [0.1, 0.15) is 52.2 Å². The molecule has 0 saturated heterocycles. The molecule has 0 aromatic heterocycles. The van der Waals surface area contributed by atoms with Crippen molar-refractivity contribution in [3.8, 4) is 5.75 Å². The van der Waals surface area contributed by atoms with Crippen molar-refractivity contribution in [1.82, 2.24) is 5.32 Å². The summed E-state index contributed by atoms with van der Waals surface area (Å²) >= 11 is 0. The Hall–Kier alpha value is -1.41. The highest BCUT2D eigenvalue weighted by Crippen LogP contribution is 2.47. The second-order valence-corrected chi connectivity index (χ2v) is 10.0. The summed E-state index contributed by atoms with van der Waals surface area (Å²) < 4.78 is 11.0. The van der Waals surface area contributed by atoms with E-state index in [0.717, 1.165) is 18.7 Å². The lowest BCUT2D eigenvalue weighted by molar-refractivity contribution is 0.0500. The predicted molar refractivity (Wildman–Crippen MR) is 118 cm³/mol. The highest BCUT2D eigenvalue weighted by atomic mass is 31.1. The van der Waals surface area contributed by atoms with Crippen LogP contribution in [-0.2, 0) is 16.4 Å². The van der Waals surface area contributed by atoms with Crippen LogP contribution in [0.5, 0.6) is 5.75 Å². The molecule has 2 unspecified atom stereocenters. The molecule has 0 aliphatic carbocycles. The molecule has 148 valence electrons. The Morgan fingerprint density at radius 3 is 2.30 bits per heavy atom. The molecule has 0 aliphatic rings. The van der Waals surface area contributed by atoms with E-state index in [1.807, 2.05) is 12.1 Å². The van der Waals surface area contributed by atoms with Gasteiger partial charge in [0.05, 0.1) is 0 Å². The zero-order valence-electron chi connectivity index (χ0n) is 17.6. The van der Waals surface area contributed by atoms with Crippen molar-refractivity contribution in [1.29, 1.82) is 0 Å². The Balaban J connectivity index is 2.31. The van der Waals surface area contributed by atoms with Crippen molar-refractivity contribution < 1.29 is 9.47 Å². The third-order valence-electron chi connectivity index (χ3n) is 4.76. The second kappa shape index (κ2) is 9.68. The highest BCUT2D eigenvalue weighted by Gasteiger charge is 2.29. The van der Waals surface area contributed by atoms with Crippen LogP contribution in [0.4, 0.5) is 0 Å². The summed E-state index contributed by atoms with van der Waals surface area (Å²) in [4.78, 5) is 0. The fourth-order valence-electron chi connectivity index (χ4n) is 2.97. The molecule has 0 radical (unpaired) electrons. The molecular formula is C23H34NO2P. The molecule has 2 atom stereocenters. The lowest BCUT2D eigenvalue weighted by Crippen LogP contribution is -2.36. The predicted octanol–water partition coefficient (Wildman–Crippen LogP) is 5.19. The van der Waals surface area contributed by atoms with Gasteiger partial charge in [-0.05, 0) is 44.1 Å². The number of para-hydroxylation sites is 1. The number of methoxy groups -OCH3 is 1. The second-order valence-electron chi connectivity index (χ2n) is 8.12. The first-order valence-electron chi connectivity index (χ1n) is 9.61. The van der Waals surface area contributed by atoms with Crippen molar-refractivity contribution >= 4 is 13.9 Å². The third kappa shape index (κ3) is 6.31. The van der Waals surface area contributed by atoms with Gasteiger partial charge in [-0.1, -0.05) is 64.9 Å². The first-order valence-corrected chi connectivity index (χ1v) is 10.6. The topological polar surface area (TPSA) is 30.5 Å². The Labute approximate surface area is 166 Å².